The van der Waals surface area contributed by atoms with Crippen molar-refractivity contribution in [3.8, 4) is 0 Å². The van der Waals surface area contributed by atoms with Gasteiger partial charge in [-0.25, -0.2) is 18.4 Å². The average Bonchev–Trinajstić information content (AvgIpc) is 3.13. The molecule has 2 aromatic heterocycles. The standard InChI is InChI=1S/C20H24N4O2S/c1-20(2,3)27(25,26)19-8-7-18(13-23-19)22-12-16-5-4-6-17(11-16)14-24-10-9-21-15-24/h4-11,13,15,22H,12,14H2,1-3H3. The lowest BCUT2D eigenvalue weighted by molar-refractivity contribution is 0.556. The van der Waals surface area contributed by atoms with Crippen molar-refractivity contribution in [3.05, 3.63) is 72.4 Å². The molecule has 27 heavy (non-hydrogen) atoms. The van der Waals surface area contributed by atoms with Crippen LogP contribution in [-0.4, -0.2) is 27.7 Å². The maximum Gasteiger partial charge on any atom is 0.200 e. The maximum absolute atomic E-state index is 12.4. The summed E-state index contributed by atoms with van der Waals surface area (Å²) in [4.78, 5) is 8.19. The van der Waals surface area contributed by atoms with E-state index in [0.29, 0.717) is 6.54 Å². The Balaban J connectivity index is 1.65. The van der Waals surface area contributed by atoms with Crippen molar-refractivity contribution in [2.75, 3.05) is 5.32 Å². The van der Waals surface area contributed by atoms with E-state index in [-0.39, 0.29) is 5.03 Å². The van der Waals surface area contributed by atoms with Gasteiger partial charge >= 0.3 is 0 Å². The van der Waals surface area contributed by atoms with E-state index >= 15 is 0 Å². The van der Waals surface area contributed by atoms with Gasteiger partial charge in [0, 0.05) is 25.5 Å². The highest BCUT2D eigenvalue weighted by molar-refractivity contribution is 7.92. The fourth-order valence-corrected chi connectivity index (χ4v) is 3.66. The second kappa shape index (κ2) is 7.52. The Morgan fingerprint density at radius 2 is 1.89 bits per heavy atom. The summed E-state index contributed by atoms with van der Waals surface area (Å²) in [6, 6.07) is 11.6. The topological polar surface area (TPSA) is 76.9 Å². The zero-order chi connectivity index (χ0) is 19.5. The number of pyridine rings is 1. The fourth-order valence-electron chi connectivity index (χ4n) is 2.59. The van der Waals surface area contributed by atoms with E-state index < -0.39 is 14.6 Å². The van der Waals surface area contributed by atoms with Crippen LogP contribution in [0.15, 0.2) is 66.3 Å². The molecule has 6 nitrogen and oxygen atoms in total. The molecule has 0 unspecified atom stereocenters. The van der Waals surface area contributed by atoms with Crippen molar-refractivity contribution < 1.29 is 8.42 Å². The highest BCUT2D eigenvalue weighted by Gasteiger charge is 2.31. The van der Waals surface area contributed by atoms with Crippen LogP contribution in [0.4, 0.5) is 5.69 Å². The zero-order valence-corrected chi connectivity index (χ0v) is 16.6. The quantitative estimate of drug-likeness (QED) is 0.704. The van der Waals surface area contributed by atoms with E-state index in [1.807, 2.05) is 16.8 Å². The van der Waals surface area contributed by atoms with Crippen LogP contribution in [0.2, 0.25) is 0 Å². The van der Waals surface area contributed by atoms with Crippen LogP contribution in [0, 0.1) is 0 Å². The van der Waals surface area contributed by atoms with E-state index in [9.17, 15) is 8.42 Å². The molecule has 0 aliphatic rings. The molecule has 3 rings (SSSR count). The number of sulfone groups is 1. The number of anilines is 1. The van der Waals surface area contributed by atoms with Crippen LogP contribution < -0.4 is 5.32 Å². The molecule has 0 aliphatic heterocycles. The van der Waals surface area contributed by atoms with Crippen LogP contribution in [0.25, 0.3) is 0 Å². The summed E-state index contributed by atoms with van der Waals surface area (Å²) < 4.78 is 26.0. The van der Waals surface area contributed by atoms with Crippen molar-refractivity contribution in [2.45, 2.75) is 43.6 Å². The van der Waals surface area contributed by atoms with Crippen molar-refractivity contribution >= 4 is 15.5 Å². The third-order valence-electron chi connectivity index (χ3n) is 4.23. The van der Waals surface area contributed by atoms with Crippen LogP contribution >= 0.6 is 0 Å². The predicted octanol–water partition coefficient (Wildman–Crippen LogP) is 3.51. The third-order valence-corrected chi connectivity index (χ3v) is 6.63. The Hall–Kier alpha value is -2.67. The SMILES string of the molecule is CC(C)(C)S(=O)(=O)c1ccc(NCc2cccc(Cn3ccnc3)c2)cn1. The van der Waals surface area contributed by atoms with E-state index in [2.05, 4.69) is 33.5 Å². The molecule has 0 amide bonds. The van der Waals surface area contributed by atoms with Crippen LogP contribution in [-0.2, 0) is 22.9 Å². The number of imidazole rings is 1. The number of nitrogens with one attached hydrogen (secondary N) is 1. The molecule has 3 aromatic rings. The highest BCUT2D eigenvalue weighted by Crippen LogP contribution is 2.24. The van der Waals surface area contributed by atoms with Crippen LogP contribution in [0.1, 0.15) is 31.9 Å². The first-order valence-corrected chi connectivity index (χ1v) is 10.2. The molecule has 0 aliphatic carbocycles. The Morgan fingerprint density at radius 3 is 2.52 bits per heavy atom. The Kier molecular flexibility index (Phi) is 5.32. The highest BCUT2D eigenvalue weighted by atomic mass is 32.2. The third kappa shape index (κ3) is 4.54. The zero-order valence-electron chi connectivity index (χ0n) is 15.8. The molecule has 142 valence electrons. The minimum absolute atomic E-state index is 0.0999. The van der Waals surface area contributed by atoms with E-state index in [1.165, 1.54) is 5.56 Å². The summed E-state index contributed by atoms with van der Waals surface area (Å²) in [6.07, 6.45) is 7.06. The lowest BCUT2D eigenvalue weighted by Gasteiger charge is -2.18. The van der Waals surface area contributed by atoms with Crippen molar-refractivity contribution in [1.82, 2.24) is 14.5 Å². The number of hydrogen-bond donors (Lipinski definition) is 1. The minimum Gasteiger partial charge on any atom is -0.380 e. The van der Waals surface area contributed by atoms with Gasteiger partial charge in [-0.15, -0.1) is 0 Å². The Bertz CT molecular complexity index is 989. The minimum atomic E-state index is -3.44. The fraction of sp³-hybridized carbons (Fsp3) is 0.300. The van der Waals surface area contributed by atoms with Gasteiger partial charge in [0.15, 0.2) is 14.9 Å². The molecule has 0 atom stereocenters. The number of aromatic nitrogens is 3. The second-order valence-electron chi connectivity index (χ2n) is 7.41. The van der Waals surface area contributed by atoms with Gasteiger partial charge in [-0.3, -0.25) is 0 Å². The number of hydrogen-bond acceptors (Lipinski definition) is 5. The lowest BCUT2D eigenvalue weighted by atomic mass is 10.1. The van der Waals surface area contributed by atoms with E-state index in [0.717, 1.165) is 17.8 Å². The van der Waals surface area contributed by atoms with Gasteiger partial charge in [-0.2, -0.15) is 0 Å². The van der Waals surface area contributed by atoms with Crippen molar-refractivity contribution in [3.63, 3.8) is 0 Å². The Labute approximate surface area is 160 Å². The van der Waals surface area contributed by atoms with Crippen molar-refractivity contribution in [2.24, 2.45) is 0 Å². The molecule has 0 fully saturated rings. The summed E-state index contributed by atoms with van der Waals surface area (Å²) in [5, 5.41) is 3.39. The van der Waals surface area contributed by atoms with Gasteiger partial charge in [0.1, 0.15) is 0 Å². The van der Waals surface area contributed by atoms with Gasteiger partial charge < -0.3 is 9.88 Å². The van der Waals surface area contributed by atoms with Gasteiger partial charge in [-0.1, -0.05) is 24.3 Å². The van der Waals surface area contributed by atoms with Gasteiger partial charge in [0.05, 0.1) is 23.0 Å². The first kappa shape index (κ1) is 19.1. The summed E-state index contributed by atoms with van der Waals surface area (Å²) in [5.41, 5.74) is 3.11. The van der Waals surface area contributed by atoms with E-state index in [4.69, 9.17) is 0 Å². The molecule has 2 heterocycles. The normalized spacial score (nSPS) is 12.1. The first-order valence-electron chi connectivity index (χ1n) is 8.74. The average molecular weight is 385 g/mol. The summed E-state index contributed by atoms with van der Waals surface area (Å²) in [6.45, 7) is 6.42. The molecular weight excluding hydrogens is 360 g/mol. The monoisotopic (exact) mass is 384 g/mol. The molecule has 7 heteroatoms. The maximum atomic E-state index is 12.4. The molecule has 0 saturated heterocycles. The molecule has 0 spiro atoms. The summed E-state index contributed by atoms with van der Waals surface area (Å²) in [7, 11) is -3.44. The summed E-state index contributed by atoms with van der Waals surface area (Å²) in [5.74, 6) is 0. The first-order chi connectivity index (χ1) is 12.8. The van der Waals surface area contributed by atoms with Crippen LogP contribution in [0.3, 0.4) is 0 Å². The number of rotatable bonds is 6. The van der Waals surface area contributed by atoms with Gasteiger partial charge in [-0.05, 0) is 44.0 Å². The lowest BCUT2D eigenvalue weighted by Crippen LogP contribution is -2.28. The largest absolute Gasteiger partial charge is 0.380 e. The molecule has 0 bridgehead atoms. The van der Waals surface area contributed by atoms with Gasteiger partial charge in [0.2, 0.25) is 0 Å². The second-order valence-corrected chi connectivity index (χ2v) is 10.1. The van der Waals surface area contributed by atoms with Crippen LogP contribution in [0.5, 0.6) is 0 Å². The predicted molar refractivity (Wildman–Crippen MR) is 106 cm³/mol. The van der Waals surface area contributed by atoms with Crippen molar-refractivity contribution in [1.29, 1.82) is 0 Å². The molecule has 1 aromatic carbocycles. The smallest absolute Gasteiger partial charge is 0.200 e. The molecule has 1 N–H and O–H groups in total. The molecule has 0 radical (unpaired) electrons. The Morgan fingerprint density at radius 1 is 1.11 bits per heavy atom. The number of nitrogens with zero attached hydrogens (tertiary/aromatic N) is 3. The number of benzene rings is 1. The summed E-state index contributed by atoms with van der Waals surface area (Å²) >= 11 is 0. The van der Waals surface area contributed by atoms with E-state index in [1.54, 1.807) is 51.6 Å². The molecule has 0 saturated carbocycles. The van der Waals surface area contributed by atoms with Gasteiger partial charge in [0.25, 0.3) is 0 Å². The molecular formula is C20H24N4O2S.